The first-order chi connectivity index (χ1) is 9.68. The first-order valence-corrected chi connectivity index (χ1v) is 7.37. The van der Waals surface area contributed by atoms with Crippen molar-refractivity contribution in [3.05, 3.63) is 24.3 Å². The summed E-state index contributed by atoms with van der Waals surface area (Å²) in [7, 11) is 0. The van der Waals surface area contributed by atoms with Crippen LogP contribution in [-0.4, -0.2) is 39.4 Å². The molecule has 0 bridgehead atoms. The van der Waals surface area contributed by atoms with Crippen LogP contribution in [0.1, 0.15) is 18.6 Å². The van der Waals surface area contributed by atoms with E-state index in [0.717, 1.165) is 9.36 Å². The second-order valence-electron chi connectivity index (χ2n) is 3.81. The Hall–Kier alpha value is -0.600. The maximum Gasteiger partial charge on any atom is 0.372 e. The highest BCUT2D eigenvalue weighted by molar-refractivity contribution is 6.75. The lowest BCUT2D eigenvalue weighted by molar-refractivity contribution is 0.237. The van der Waals surface area contributed by atoms with Gasteiger partial charge < -0.3 is 0 Å². The molecule has 21 heavy (non-hydrogen) atoms. The van der Waals surface area contributed by atoms with Crippen molar-refractivity contribution in [3.63, 3.8) is 0 Å². The van der Waals surface area contributed by atoms with Gasteiger partial charge >= 0.3 is 6.03 Å². The molecule has 0 N–H and O–H groups in total. The van der Waals surface area contributed by atoms with E-state index in [9.17, 15) is 4.79 Å². The summed E-state index contributed by atoms with van der Waals surface area (Å²) in [6, 6.07) is -0.713. The fourth-order valence-electron chi connectivity index (χ4n) is 1.37. The van der Waals surface area contributed by atoms with Gasteiger partial charge in [0.1, 0.15) is 12.7 Å². The number of alkyl halides is 5. The first kappa shape index (κ1) is 16.8. The monoisotopic (exact) mass is 390 g/mol. The molecule has 0 fully saturated rings. The smallest absolute Gasteiger partial charge is 0.243 e. The second-order valence-corrected chi connectivity index (χ2v) is 7.42. The lowest BCUT2D eigenvalue weighted by Crippen LogP contribution is -2.35. The third-order valence-corrected chi connectivity index (χ3v) is 4.74. The number of halogens is 5. The number of hydrogen-bond acceptors (Lipinski definition) is 5. The summed E-state index contributed by atoms with van der Waals surface area (Å²) in [5.74, 6) is 0.0848. The Bertz CT molecular complexity index is 646. The molecular weight excluding hydrogens is 385 g/mol. The van der Waals surface area contributed by atoms with Gasteiger partial charge in [-0.2, -0.15) is 14.5 Å². The van der Waals surface area contributed by atoms with Gasteiger partial charge in [0.25, 0.3) is 0 Å². The van der Waals surface area contributed by atoms with Gasteiger partial charge in [0, 0.05) is 6.42 Å². The maximum absolute atomic E-state index is 12.3. The quantitative estimate of drug-likeness (QED) is 0.735. The van der Waals surface area contributed by atoms with Gasteiger partial charge in [-0.15, -0.1) is 5.10 Å². The van der Waals surface area contributed by atoms with Gasteiger partial charge in [-0.05, 0) is 0 Å². The van der Waals surface area contributed by atoms with E-state index in [2.05, 4.69) is 20.2 Å². The summed E-state index contributed by atoms with van der Waals surface area (Å²) in [5, 5.41) is 7.68. The average Bonchev–Trinajstić information content (AvgIpc) is 3.06. The van der Waals surface area contributed by atoms with Gasteiger partial charge in [-0.1, -0.05) is 64.9 Å². The summed E-state index contributed by atoms with van der Waals surface area (Å²) in [6.45, 7) is 1.78. The van der Waals surface area contributed by atoms with Gasteiger partial charge in [-0.3, -0.25) is 0 Å². The van der Waals surface area contributed by atoms with E-state index >= 15 is 0 Å². The molecule has 2 rings (SSSR count). The van der Waals surface area contributed by atoms with Crippen LogP contribution in [0.25, 0.3) is 0 Å². The summed E-state index contributed by atoms with van der Waals surface area (Å²) in [6.07, 6.45) is 2.78. The molecule has 0 aliphatic rings. The van der Waals surface area contributed by atoms with E-state index in [0.29, 0.717) is 12.2 Å². The van der Waals surface area contributed by atoms with Gasteiger partial charge in [0.2, 0.25) is 8.13 Å². The molecule has 0 saturated carbocycles. The van der Waals surface area contributed by atoms with Crippen LogP contribution in [0, 0.1) is 0 Å². The van der Waals surface area contributed by atoms with Crippen LogP contribution in [-0.2, 0) is 10.8 Å². The van der Waals surface area contributed by atoms with E-state index in [4.69, 9.17) is 58.0 Å². The first-order valence-electron chi connectivity index (χ1n) is 5.48. The molecule has 2 aromatic heterocycles. The van der Waals surface area contributed by atoms with Crippen LogP contribution in [0.2, 0.25) is 0 Å². The van der Waals surface area contributed by atoms with E-state index in [-0.39, 0.29) is 5.82 Å². The van der Waals surface area contributed by atoms with Crippen molar-refractivity contribution < 1.29 is 4.79 Å². The van der Waals surface area contributed by atoms with E-state index < -0.39 is 14.2 Å². The largest absolute Gasteiger partial charge is 0.372 e. The molecule has 0 amide bonds. The van der Waals surface area contributed by atoms with Crippen LogP contribution in [0.15, 0.2) is 12.7 Å². The number of aromatic nitrogens is 6. The predicted octanol–water partition coefficient (Wildman–Crippen LogP) is 2.95. The van der Waals surface area contributed by atoms with Gasteiger partial charge in [-0.25, -0.2) is 14.8 Å². The summed E-state index contributed by atoms with van der Waals surface area (Å²) in [5.41, 5.74) is 0. The third-order valence-electron chi connectivity index (χ3n) is 2.40. The van der Waals surface area contributed by atoms with Crippen molar-refractivity contribution in [1.82, 2.24) is 29.5 Å². The van der Waals surface area contributed by atoms with E-state index in [1.54, 1.807) is 6.92 Å². The Labute approximate surface area is 144 Å². The molecule has 114 valence electrons. The van der Waals surface area contributed by atoms with Crippen molar-refractivity contribution in [2.75, 3.05) is 0 Å². The molecule has 0 aromatic carbocycles. The fourth-order valence-corrected chi connectivity index (χ4v) is 1.87. The number of rotatable bonds is 2. The molecule has 7 nitrogen and oxygen atoms in total. The lowest BCUT2D eigenvalue weighted by atomic mass is 10.4. The molecule has 0 radical (unpaired) electrons. The number of aryl methyl sites for hydroxylation is 1. The second kappa shape index (κ2) is 5.89. The maximum atomic E-state index is 12.3. The molecule has 2 aromatic rings. The summed E-state index contributed by atoms with van der Waals surface area (Å²) >= 11 is 29.4. The van der Waals surface area contributed by atoms with Crippen molar-refractivity contribution in [3.8, 4) is 0 Å². The minimum Gasteiger partial charge on any atom is -0.243 e. The number of carbonyl (C=O) groups excluding carboxylic acids is 1. The van der Waals surface area contributed by atoms with E-state index in [1.807, 2.05) is 0 Å². The van der Waals surface area contributed by atoms with Gasteiger partial charge in [0.15, 0.2) is 11.6 Å². The highest BCUT2D eigenvalue weighted by atomic mass is 35.6. The fraction of sp³-hybridized carbons (Fsp3) is 0.444. The minimum absolute atomic E-state index is 0.219. The molecule has 0 saturated heterocycles. The highest BCUT2D eigenvalue weighted by Crippen LogP contribution is 2.52. The van der Waals surface area contributed by atoms with E-state index in [1.165, 1.54) is 12.7 Å². The summed E-state index contributed by atoms with van der Waals surface area (Å²) in [4.78, 5) is 20.0. The molecule has 0 aliphatic heterocycles. The SMILES string of the molecule is CCc1nc(C(Cl)(Cl)C(Cl)(Cl)Cl)n(C(=O)n2cncn2)n1. The Morgan fingerprint density at radius 2 is 1.95 bits per heavy atom. The third kappa shape index (κ3) is 3.12. The molecule has 0 atom stereocenters. The van der Waals surface area contributed by atoms with Crippen LogP contribution < -0.4 is 0 Å². The van der Waals surface area contributed by atoms with Crippen molar-refractivity contribution in [2.24, 2.45) is 0 Å². The zero-order valence-corrected chi connectivity index (χ0v) is 14.1. The Morgan fingerprint density at radius 1 is 1.29 bits per heavy atom. The average molecular weight is 392 g/mol. The van der Waals surface area contributed by atoms with Crippen molar-refractivity contribution in [2.45, 2.75) is 21.5 Å². The minimum atomic E-state index is -2.13. The number of hydrogen-bond donors (Lipinski definition) is 0. The molecule has 0 spiro atoms. The lowest BCUT2D eigenvalue weighted by Gasteiger charge is -2.25. The molecule has 0 aliphatic carbocycles. The Balaban J connectivity index is 2.57. The van der Waals surface area contributed by atoms with Crippen LogP contribution in [0.5, 0.6) is 0 Å². The predicted molar refractivity (Wildman–Crippen MR) is 79.3 cm³/mol. The standard InChI is InChI=1S/C9H7Cl5N6O/c1-2-5-17-6(8(10,11)9(12,13)14)20(18-5)7(21)19-4-15-3-16-19/h3-4H,2H2,1H3. The normalized spacial score (nSPS) is 12.7. The Morgan fingerprint density at radius 3 is 2.43 bits per heavy atom. The van der Waals surface area contributed by atoms with Crippen LogP contribution in [0.3, 0.4) is 0 Å². The summed E-state index contributed by atoms with van der Waals surface area (Å²) < 4.78 is -2.47. The van der Waals surface area contributed by atoms with Crippen molar-refractivity contribution in [1.29, 1.82) is 0 Å². The number of carbonyl (C=O) groups is 1. The highest BCUT2D eigenvalue weighted by Gasteiger charge is 2.52. The number of nitrogens with zero attached hydrogens (tertiary/aromatic N) is 6. The molecule has 12 heteroatoms. The molecular formula is C9H7Cl5N6O. The topological polar surface area (TPSA) is 78.5 Å². The molecule has 0 unspecified atom stereocenters. The molecule has 2 heterocycles. The zero-order chi connectivity index (χ0) is 15.8. The van der Waals surface area contributed by atoms with Gasteiger partial charge in [0.05, 0.1) is 0 Å². The van der Waals surface area contributed by atoms with Crippen molar-refractivity contribution >= 4 is 64.0 Å². The van der Waals surface area contributed by atoms with Crippen LogP contribution in [0.4, 0.5) is 4.79 Å². The van der Waals surface area contributed by atoms with Crippen LogP contribution >= 0.6 is 58.0 Å². The zero-order valence-electron chi connectivity index (χ0n) is 10.3. The Kier molecular flexibility index (Phi) is 4.70.